The maximum absolute atomic E-state index is 9.00. The minimum Gasteiger partial charge on any atom is -0.455 e. The average Bonchev–Trinajstić information content (AvgIpc) is 3.31. The summed E-state index contributed by atoms with van der Waals surface area (Å²) < 4.78 is 49.3. The summed E-state index contributed by atoms with van der Waals surface area (Å²) in [5.74, 6) is 0. The first-order valence-corrected chi connectivity index (χ1v) is 13.7. The number of aryl methyl sites for hydroxylation is 1. The molecule has 1 aliphatic rings. The lowest BCUT2D eigenvalue weighted by Crippen LogP contribution is -2.42. The molecule has 0 radical (unpaired) electrons. The summed E-state index contributed by atoms with van der Waals surface area (Å²) in [6.07, 6.45) is -0.605. The van der Waals surface area contributed by atoms with Crippen molar-refractivity contribution in [2.45, 2.75) is 72.5 Å². The quantitative estimate of drug-likeness (QED) is 0.214. The van der Waals surface area contributed by atoms with E-state index in [9.17, 15) is 0 Å². The Balaban J connectivity index is 1.58. The summed E-state index contributed by atoms with van der Waals surface area (Å²) >= 11 is 0. The molecule has 0 saturated carbocycles. The van der Waals surface area contributed by atoms with Gasteiger partial charge >= 0.3 is 0 Å². The van der Waals surface area contributed by atoms with Crippen LogP contribution in [0.3, 0.4) is 0 Å². The van der Waals surface area contributed by atoms with E-state index in [1.807, 2.05) is 12.1 Å². The molecule has 2 aromatic heterocycles. The van der Waals surface area contributed by atoms with E-state index in [1.165, 1.54) is 38.9 Å². The van der Waals surface area contributed by atoms with Crippen LogP contribution in [0.4, 0.5) is 0 Å². The van der Waals surface area contributed by atoms with Crippen molar-refractivity contribution in [3.63, 3.8) is 0 Å². The molecule has 7 rings (SSSR count). The first kappa shape index (κ1) is 19.4. The molecule has 0 unspecified atom stereocenters. The van der Waals surface area contributed by atoms with Crippen LogP contribution >= 0.6 is 0 Å². The van der Waals surface area contributed by atoms with E-state index in [-0.39, 0.29) is 22.0 Å². The summed E-state index contributed by atoms with van der Waals surface area (Å²) in [6.45, 7) is 12.1. The van der Waals surface area contributed by atoms with Crippen LogP contribution in [0.1, 0.15) is 77.6 Å². The Hall–Kier alpha value is -3.65. The molecule has 0 saturated heterocycles. The van der Waals surface area contributed by atoms with E-state index in [2.05, 4.69) is 75.1 Å². The fraction of sp³-hybridized carbons (Fsp3) is 0.324. The topological polar surface area (TPSA) is 26.0 Å². The van der Waals surface area contributed by atoms with Crippen molar-refractivity contribution in [2.24, 2.45) is 5.41 Å². The Morgan fingerprint density at radius 2 is 1.62 bits per heavy atom. The molecule has 0 N–H and O–H groups in total. The number of nitrogens with zero attached hydrogens (tertiary/aromatic N) is 1. The van der Waals surface area contributed by atoms with Crippen molar-refractivity contribution in [1.82, 2.24) is 4.98 Å². The Kier molecular flexibility index (Phi) is 3.84. The summed E-state index contributed by atoms with van der Waals surface area (Å²) in [5, 5.41) is 6.88. The SMILES string of the molecule is [2H]C([2H])([2H])c1cnc(-c2cccc3c2oc2c4c5c(ccc6cccc(c65)C(C)(C)C4(C)C)cc23)cc1C([2H])([2H])C(C)(C)C. The van der Waals surface area contributed by atoms with Crippen LogP contribution < -0.4 is 0 Å². The Bertz CT molecular complexity index is 2180. The number of benzene rings is 4. The van der Waals surface area contributed by atoms with Crippen molar-refractivity contribution in [3.8, 4) is 11.3 Å². The van der Waals surface area contributed by atoms with Gasteiger partial charge in [-0.1, -0.05) is 90.9 Å². The fourth-order valence-corrected chi connectivity index (χ4v) is 6.60. The molecular weight excluding hydrogens is 474 g/mol. The second-order valence-electron chi connectivity index (χ2n) is 13.2. The van der Waals surface area contributed by atoms with Crippen molar-refractivity contribution in [3.05, 3.63) is 89.1 Å². The first-order valence-electron chi connectivity index (χ1n) is 16.2. The third-order valence-corrected chi connectivity index (χ3v) is 9.16. The predicted octanol–water partition coefficient (Wildman–Crippen LogP) is 10.4. The third kappa shape index (κ3) is 3.30. The molecule has 4 aromatic carbocycles. The molecule has 196 valence electrons. The van der Waals surface area contributed by atoms with E-state index in [0.717, 1.165) is 16.4 Å². The minimum atomic E-state index is -2.51. The van der Waals surface area contributed by atoms with Gasteiger partial charge in [0.2, 0.25) is 0 Å². The molecule has 0 aliphatic heterocycles. The normalized spacial score (nSPS) is 18.8. The number of rotatable bonds is 2. The fourth-order valence-electron chi connectivity index (χ4n) is 6.60. The monoisotopic (exact) mass is 516 g/mol. The highest BCUT2D eigenvalue weighted by Crippen LogP contribution is 2.56. The van der Waals surface area contributed by atoms with E-state index < -0.39 is 18.6 Å². The minimum absolute atomic E-state index is 0.0692. The van der Waals surface area contributed by atoms with E-state index >= 15 is 0 Å². The molecule has 0 fully saturated rings. The molecule has 0 bridgehead atoms. The van der Waals surface area contributed by atoms with Gasteiger partial charge in [-0.05, 0) is 80.5 Å². The van der Waals surface area contributed by atoms with Gasteiger partial charge in [0.1, 0.15) is 11.2 Å². The predicted molar refractivity (Wildman–Crippen MR) is 166 cm³/mol. The highest BCUT2D eigenvalue weighted by atomic mass is 16.3. The van der Waals surface area contributed by atoms with E-state index in [0.29, 0.717) is 16.8 Å². The van der Waals surface area contributed by atoms with Crippen LogP contribution in [0.2, 0.25) is 0 Å². The Morgan fingerprint density at radius 1 is 0.846 bits per heavy atom. The van der Waals surface area contributed by atoms with Gasteiger partial charge < -0.3 is 4.42 Å². The lowest BCUT2D eigenvalue weighted by Gasteiger charge is -2.47. The number of hydrogen-bond acceptors (Lipinski definition) is 2. The molecule has 2 heteroatoms. The zero-order valence-electron chi connectivity index (χ0n) is 28.7. The number of pyridine rings is 1. The van der Waals surface area contributed by atoms with Crippen molar-refractivity contribution in [1.29, 1.82) is 0 Å². The van der Waals surface area contributed by atoms with Gasteiger partial charge in [-0.15, -0.1) is 0 Å². The summed E-state index contributed by atoms with van der Waals surface area (Å²) in [6, 6.07) is 20.8. The molecule has 39 heavy (non-hydrogen) atoms. The van der Waals surface area contributed by atoms with Gasteiger partial charge in [0.05, 0.1) is 5.69 Å². The lowest BCUT2D eigenvalue weighted by atomic mass is 9.56. The molecule has 0 atom stereocenters. The van der Waals surface area contributed by atoms with Crippen LogP contribution in [-0.2, 0) is 17.2 Å². The van der Waals surface area contributed by atoms with E-state index in [1.54, 1.807) is 26.8 Å². The van der Waals surface area contributed by atoms with Gasteiger partial charge in [-0.2, -0.15) is 0 Å². The summed E-state index contributed by atoms with van der Waals surface area (Å²) in [4.78, 5) is 4.61. The van der Waals surface area contributed by atoms with Crippen LogP contribution in [0.25, 0.3) is 54.7 Å². The maximum atomic E-state index is 9.00. The van der Waals surface area contributed by atoms with Gasteiger partial charge in [-0.25, -0.2) is 0 Å². The number of hydrogen-bond donors (Lipinski definition) is 0. The Morgan fingerprint density at radius 3 is 2.38 bits per heavy atom. The van der Waals surface area contributed by atoms with E-state index in [4.69, 9.17) is 11.3 Å². The average molecular weight is 517 g/mol. The maximum Gasteiger partial charge on any atom is 0.144 e. The molecule has 6 aromatic rings. The van der Waals surface area contributed by atoms with Gasteiger partial charge in [0, 0.05) is 40.4 Å². The van der Waals surface area contributed by atoms with Crippen molar-refractivity contribution >= 4 is 43.5 Å². The second-order valence-corrected chi connectivity index (χ2v) is 13.2. The van der Waals surface area contributed by atoms with Crippen molar-refractivity contribution < 1.29 is 11.3 Å². The molecule has 1 aliphatic carbocycles. The smallest absolute Gasteiger partial charge is 0.144 e. The molecular formula is C37H37NO. The van der Waals surface area contributed by atoms with Crippen LogP contribution in [0.15, 0.2) is 71.3 Å². The standard InChI is InChI=1S/C37H37NO/c1-21-20-38-29(18-24(21)19-35(2,3)4)26-13-10-12-25-27-17-23-16-15-22-11-9-14-28-30(22)31(23)32(34(27)39-33(25)26)37(7,8)36(28,5)6/h9-18,20H,19H2,1-8H3/i1D3,19D2. The largest absolute Gasteiger partial charge is 0.455 e. The van der Waals surface area contributed by atoms with Crippen LogP contribution in [0, 0.1) is 12.3 Å². The second kappa shape index (κ2) is 7.72. The highest BCUT2D eigenvalue weighted by Gasteiger charge is 2.46. The summed E-state index contributed by atoms with van der Waals surface area (Å²) in [5.41, 5.74) is 4.00. The highest BCUT2D eigenvalue weighted by molar-refractivity contribution is 6.21. The molecule has 0 spiro atoms. The van der Waals surface area contributed by atoms with Crippen LogP contribution in [-0.4, -0.2) is 4.98 Å². The number of aromatic nitrogens is 1. The summed E-state index contributed by atoms with van der Waals surface area (Å²) in [7, 11) is 0. The zero-order chi connectivity index (χ0) is 31.8. The molecule has 2 nitrogen and oxygen atoms in total. The Labute approximate surface area is 238 Å². The third-order valence-electron chi connectivity index (χ3n) is 9.16. The molecule has 2 heterocycles. The van der Waals surface area contributed by atoms with Crippen LogP contribution in [0.5, 0.6) is 0 Å². The van der Waals surface area contributed by atoms with Gasteiger partial charge in [-0.3, -0.25) is 4.98 Å². The molecule has 0 amide bonds. The van der Waals surface area contributed by atoms with Gasteiger partial charge in [0.25, 0.3) is 0 Å². The first-order chi connectivity index (χ1) is 20.4. The lowest BCUT2D eigenvalue weighted by molar-refractivity contribution is 0.304. The number of para-hydroxylation sites is 1. The number of furan rings is 1. The number of fused-ring (bicyclic) bond motifs is 4. The van der Waals surface area contributed by atoms with Gasteiger partial charge in [0.15, 0.2) is 0 Å². The zero-order valence-corrected chi connectivity index (χ0v) is 23.7. The van der Waals surface area contributed by atoms with Crippen molar-refractivity contribution in [2.75, 3.05) is 0 Å².